The predicted molar refractivity (Wildman–Crippen MR) is 132 cm³/mol. The molecule has 30 heavy (non-hydrogen) atoms. The van der Waals surface area contributed by atoms with Gasteiger partial charge in [0, 0.05) is 49.6 Å². The molecule has 1 atom stereocenters. The third-order valence-electron chi connectivity index (χ3n) is 6.26. The summed E-state index contributed by atoms with van der Waals surface area (Å²) < 4.78 is 0. The van der Waals surface area contributed by atoms with Crippen LogP contribution < -0.4 is 0 Å². The van der Waals surface area contributed by atoms with Crippen molar-refractivity contribution in [2.75, 3.05) is 0 Å². The van der Waals surface area contributed by atoms with E-state index in [1.54, 1.807) is 0 Å². The van der Waals surface area contributed by atoms with E-state index in [1.807, 2.05) is 6.08 Å². The summed E-state index contributed by atoms with van der Waals surface area (Å²) in [4.78, 5) is 11.1. The van der Waals surface area contributed by atoms with Gasteiger partial charge in [-0.05, 0) is 31.1 Å². The number of aromatic nitrogens is 3. The smallest absolute Gasteiger partial charge is 0.0732 e. The van der Waals surface area contributed by atoms with Crippen LogP contribution in [-0.4, -0.2) is 15.0 Å². The van der Waals surface area contributed by atoms with E-state index in [1.165, 1.54) is 32.7 Å². The minimum Gasteiger partial charge on any atom is -0.354 e. The SMILES string of the molecule is C=Cc1[nH]c2c3c4c([nH]c3c3[nH]c5ccccc5c3c2c1/C=C\C)C=CC(C)C=C4. The highest BCUT2D eigenvalue weighted by Crippen LogP contribution is 2.44. The highest BCUT2D eigenvalue weighted by atomic mass is 14.8. The summed E-state index contributed by atoms with van der Waals surface area (Å²) >= 11 is 0. The van der Waals surface area contributed by atoms with Crippen molar-refractivity contribution in [2.24, 2.45) is 5.92 Å². The number of allylic oxidation sites excluding steroid dienone is 3. The first-order valence-electron chi connectivity index (χ1n) is 10.5. The van der Waals surface area contributed by atoms with Crippen molar-refractivity contribution in [3.05, 3.63) is 71.6 Å². The van der Waals surface area contributed by atoms with E-state index in [-0.39, 0.29) is 0 Å². The van der Waals surface area contributed by atoms with E-state index in [2.05, 4.69) is 96.1 Å². The molecule has 0 spiro atoms. The van der Waals surface area contributed by atoms with E-state index < -0.39 is 0 Å². The van der Waals surface area contributed by atoms with Gasteiger partial charge in [-0.25, -0.2) is 0 Å². The molecule has 1 unspecified atom stereocenters. The van der Waals surface area contributed by atoms with Crippen molar-refractivity contribution in [3.63, 3.8) is 0 Å². The first-order chi connectivity index (χ1) is 14.7. The van der Waals surface area contributed by atoms with Gasteiger partial charge in [-0.2, -0.15) is 0 Å². The number of rotatable bonds is 2. The van der Waals surface area contributed by atoms with Gasteiger partial charge in [-0.3, -0.25) is 0 Å². The van der Waals surface area contributed by atoms with Crippen LogP contribution in [0.25, 0.3) is 67.9 Å². The fraction of sp³-hybridized carbons (Fsp3) is 0.111. The summed E-state index contributed by atoms with van der Waals surface area (Å²) in [5.41, 5.74) is 9.25. The van der Waals surface area contributed by atoms with E-state index >= 15 is 0 Å². The van der Waals surface area contributed by atoms with Crippen LogP contribution >= 0.6 is 0 Å². The molecule has 0 bridgehead atoms. The van der Waals surface area contributed by atoms with Gasteiger partial charge >= 0.3 is 0 Å². The predicted octanol–water partition coefficient (Wildman–Crippen LogP) is 7.64. The summed E-state index contributed by atoms with van der Waals surface area (Å²) in [6.07, 6.45) is 15.2. The maximum absolute atomic E-state index is 4.07. The second-order valence-corrected chi connectivity index (χ2v) is 8.11. The topological polar surface area (TPSA) is 47.4 Å². The lowest BCUT2D eigenvalue weighted by molar-refractivity contribution is 0.953. The Morgan fingerprint density at radius 3 is 2.53 bits per heavy atom. The highest BCUT2D eigenvalue weighted by molar-refractivity contribution is 6.33. The molecule has 5 aromatic rings. The Kier molecular flexibility index (Phi) is 3.51. The van der Waals surface area contributed by atoms with Gasteiger partial charge in [0.15, 0.2) is 0 Å². The van der Waals surface area contributed by atoms with Crippen LogP contribution in [0.15, 0.2) is 49.1 Å². The lowest BCUT2D eigenvalue weighted by atomic mass is 9.99. The summed E-state index contributed by atoms with van der Waals surface area (Å²) in [5.74, 6) is 0.416. The summed E-state index contributed by atoms with van der Waals surface area (Å²) in [6.45, 7) is 8.35. The van der Waals surface area contributed by atoms with Gasteiger partial charge in [-0.15, -0.1) is 0 Å². The van der Waals surface area contributed by atoms with Gasteiger partial charge in [-0.1, -0.05) is 62.1 Å². The third-order valence-corrected chi connectivity index (χ3v) is 6.26. The maximum Gasteiger partial charge on any atom is 0.0732 e. The summed E-state index contributed by atoms with van der Waals surface area (Å²) in [7, 11) is 0. The van der Waals surface area contributed by atoms with Crippen LogP contribution in [0.2, 0.25) is 0 Å². The Morgan fingerprint density at radius 2 is 1.70 bits per heavy atom. The zero-order chi connectivity index (χ0) is 20.4. The van der Waals surface area contributed by atoms with E-state index in [9.17, 15) is 0 Å². The van der Waals surface area contributed by atoms with Gasteiger partial charge < -0.3 is 15.0 Å². The zero-order valence-corrected chi connectivity index (χ0v) is 17.1. The first-order valence-corrected chi connectivity index (χ1v) is 10.5. The van der Waals surface area contributed by atoms with E-state index in [4.69, 9.17) is 0 Å². The molecule has 6 rings (SSSR count). The highest BCUT2D eigenvalue weighted by Gasteiger charge is 2.23. The molecule has 0 aliphatic heterocycles. The van der Waals surface area contributed by atoms with Gasteiger partial charge in [0.2, 0.25) is 0 Å². The van der Waals surface area contributed by atoms with Crippen LogP contribution in [0.4, 0.5) is 0 Å². The molecular weight excluding hydrogens is 366 g/mol. The lowest BCUT2D eigenvalue weighted by Crippen LogP contribution is -1.81. The Bertz CT molecular complexity index is 1580. The van der Waals surface area contributed by atoms with Crippen LogP contribution in [0.1, 0.15) is 36.4 Å². The number of hydrogen-bond acceptors (Lipinski definition) is 0. The fourth-order valence-electron chi connectivity index (χ4n) is 4.92. The minimum absolute atomic E-state index is 0.416. The molecule has 2 aromatic carbocycles. The summed E-state index contributed by atoms with van der Waals surface area (Å²) in [6, 6.07) is 8.55. The van der Waals surface area contributed by atoms with Gasteiger partial charge in [0.25, 0.3) is 0 Å². The quantitative estimate of drug-likeness (QED) is 0.278. The van der Waals surface area contributed by atoms with Crippen molar-refractivity contribution < 1.29 is 0 Å². The van der Waals surface area contributed by atoms with E-state index in [0.29, 0.717) is 5.92 Å². The number of H-pyrrole nitrogens is 3. The van der Waals surface area contributed by atoms with Crippen molar-refractivity contribution >= 4 is 67.9 Å². The van der Waals surface area contributed by atoms with Gasteiger partial charge in [0.1, 0.15) is 0 Å². The number of para-hydroxylation sites is 1. The lowest BCUT2D eigenvalue weighted by Gasteiger charge is -2.03. The molecule has 146 valence electrons. The molecule has 0 amide bonds. The Labute approximate surface area is 174 Å². The Balaban J connectivity index is 1.95. The second-order valence-electron chi connectivity index (χ2n) is 8.11. The normalized spacial score (nSPS) is 16.4. The molecule has 0 saturated heterocycles. The second kappa shape index (κ2) is 6.14. The molecule has 3 heteroatoms. The van der Waals surface area contributed by atoms with Crippen LogP contribution in [0.3, 0.4) is 0 Å². The number of aromatic amines is 3. The zero-order valence-electron chi connectivity index (χ0n) is 17.1. The average Bonchev–Trinajstić information content (AvgIpc) is 3.38. The molecule has 3 aromatic heterocycles. The number of hydrogen-bond donors (Lipinski definition) is 3. The number of fused-ring (bicyclic) bond motifs is 10. The van der Waals surface area contributed by atoms with Crippen molar-refractivity contribution in [1.82, 2.24) is 15.0 Å². The molecule has 3 heterocycles. The summed E-state index contributed by atoms with van der Waals surface area (Å²) in [5, 5.41) is 4.97. The standard InChI is InChI=1S/C27H23N3/c1-4-8-16-19(5-2)28-25-22(16)23-17-9-6-7-10-20(17)29-26(23)27-24(25)18-13-11-15(3)12-14-21(18)30-27/h4-15,28-30H,2H2,1,3H3/b8-4-. The Hall–Kier alpha value is -3.72. The monoisotopic (exact) mass is 389 g/mol. The molecule has 0 radical (unpaired) electrons. The number of nitrogens with one attached hydrogen (secondary N) is 3. The fourth-order valence-corrected chi connectivity index (χ4v) is 4.92. The Morgan fingerprint density at radius 1 is 0.900 bits per heavy atom. The molecule has 1 aliphatic carbocycles. The molecule has 3 nitrogen and oxygen atoms in total. The van der Waals surface area contributed by atoms with Gasteiger partial charge in [0.05, 0.1) is 16.6 Å². The minimum atomic E-state index is 0.416. The van der Waals surface area contributed by atoms with Crippen molar-refractivity contribution in [1.29, 1.82) is 0 Å². The third kappa shape index (κ3) is 2.15. The molecule has 1 aliphatic rings. The largest absolute Gasteiger partial charge is 0.354 e. The van der Waals surface area contributed by atoms with Crippen LogP contribution in [-0.2, 0) is 0 Å². The van der Waals surface area contributed by atoms with Crippen LogP contribution in [0, 0.1) is 5.92 Å². The van der Waals surface area contributed by atoms with E-state index in [0.717, 1.165) is 33.5 Å². The molecule has 0 fully saturated rings. The first kappa shape index (κ1) is 17.2. The molecule has 0 saturated carbocycles. The van der Waals surface area contributed by atoms with Crippen molar-refractivity contribution in [2.45, 2.75) is 13.8 Å². The van der Waals surface area contributed by atoms with Crippen molar-refractivity contribution in [3.8, 4) is 0 Å². The molecular formula is C27H23N3. The number of benzene rings is 2. The average molecular weight is 390 g/mol. The molecule has 3 N–H and O–H groups in total. The maximum atomic E-state index is 4.07. The van der Waals surface area contributed by atoms with Crippen LogP contribution in [0.5, 0.6) is 0 Å².